The lowest BCUT2D eigenvalue weighted by molar-refractivity contribution is 0.0697. The summed E-state index contributed by atoms with van der Waals surface area (Å²) in [5.74, 6) is -0.435. The number of hydrogen-bond acceptors (Lipinski definition) is 1. The average Bonchev–Trinajstić information content (AvgIpc) is 2.17. The number of hydrogen-bond donors (Lipinski definition) is 1. The van der Waals surface area contributed by atoms with E-state index in [1.54, 1.807) is 12.1 Å². The predicted octanol–water partition coefficient (Wildman–Crippen LogP) is 3.83. The summed E-state index contributed by atoms with van der Waals surface area (Å²) in [4.78, 5) is 10.7. The van der Waals surface area contributed by atoms with E-state index in [-0.39, 0.29) is 0 Å². The minimum absolute atomic E-state index is 0.334. The van der Waals surface area contributed by atoms with Crippen LogP contribution in [0.5, 0.6) is 0 Å². The largest absolute Gasteiger partial charge is 0.478 e. The first-order valence-corrected chi connectivity index (χ1v) is 5.44. The van der Waals surface area contributed by atoms with Gasteiger partial charge in [0.25, 0.3) is 0 Å². The lowest BCUT2D eigenvalue weighted by atomic mass is 9.91. The molecule has 0 amide bonds. The summed E-state index contributed by atoms with van der Waals surface area (Å²) >= 11 is 0. The first-order valence-electron chi connectivity index (χ1n) is 5.44. The van der Waals surface area contributed by atoms with Crippen molar-refractivity contribution in [2.75, 3.05) is 0 Å². The van der Waals surface area contributed by atoms with E-state index >= 15 is 0 Å². The molecule has 0 aliphatic carbocycles. The molecule has 1 N–H and O–H groups in total. The van der Waals surface area contributed by atoms with Gasteiger partial charge in [0, 0.05) is 0 Å². The second-order valence-corrected chi connectivity index (χ2v) is 4.45. The van der Waals surface area contributed by atoms with Crippen LogP contribution in [0.15, 0.2) is 29.8 Å². The maximum absolute atomic E-state index is 10.7. The molecule has 0 aromatic heterocycles. The number of benzene rings is 1. The highest BCUT2D eigenvalue weighted by Crippen LogP contribution is 2.26. The Morgan fingerprint density at radius 2 is 1.50 bits per heavy atom. The lowest BCUT2D eigenvalue weighted by Crippen LogP contribution is -1.99. The van der Waals surface area contributed by atoms with Crippen molar-refractivity contribution in [1.29, 1.82) is 0 Å². The van der Waals surface area contributed by atoms with E-state index in [2.05, 4.69) is 27.7 Å². The molecule has 0 heterocycles. The first kappa shape index (κ1) is 12.5. The van der Waals surface area contributed by atoms with Gasteiger partial charge in [0.05, 0.1) is 5.56 Å². The molecule has 1 rings (SSSR count). The Bertz CT molecular complexity index is 407. The van der Waals surface area contributed by atoms with Gasteiger partial charge in [0.2, 0.25) is 0 Å². The third kappa shape index (κ3) is 2.72. The quantitative estimate of drug-likeness (QED) is 0.837. The highest BCUT2D eigenvalue weighted by atomic mass is 16.4. The molecule has 0 atom stereocenters. The molecule has 0 fully saturated rings. The molecule has 0 spiro atoms. The van der Waals surface area contributed by atoms with Crippen molar-refractivity contribution in [1.82, 2.24) is 0 Å². The molecule has 0 aliphatic heterocycles. The van der Waals surface area contributed by atoms with E-state index in [1.807, 2.05) is 12.1 Å². The molecule has 86 valence electrons. The van der Waals surface area contributed by atoms with Gasteiger partial charge in [0.15, 0.2) is 0 Å². The van der Waals surface area contributed by atoms with Crippen LogP contribution in [0.2, 0.25) is 0 Å². The van der Waals surface area contributed by atoms with Crippen molar-refractivity contribution in [3.05, 3.63) is 41.0 Å². The molecule has 2 heteroatoms. The minimum Gasteiger partial charge on any atom is -0.478 e. The van der Waals surface area contributed by atoms with Gasteiger partial charge in [-0.3, -0.25) is 0 Å². The zero-order valence-corrected chi connectivity index (χ0v) is 10.2. The van der Waals surface area contributed by atoms with E-state index < -0.39 is 5.97 Å². The predicted molar refractivity (Wildman–Crippen MR) is 66.5 cm³/mol. The Labute approximate surface area is 96.6 Å². The molecule has 0 radical (unpaired) electrons. The Morgan fingerprint density at radius 3 is 1.81 bits per heavy atom. The van der Waals surface area contributed by atoms with Crippen LogP contribution in [0, 0.1) is 5.92 Å². The first-order chi connectivity index (χ1) is 7.43. The van der Waals surface area contributed by atoms with Crippen LogP contribution in [0.1, 0.15) is 43.6 Å². The molecule has 2 nitrogen and oxygen atoms in total. The summed E-state index contributed by atoms with van der Waals surface area (Å²) in [6.45, 7) is 8.46. The molecule has 0 bridgehead atoms. The Kier molecular flexibility index (Phi) is 3.88. The zero-order valence-electron chi connectivity index (χ0n) is 10.2. The van der Waals surface area contributed by atoms with Crippen molar-refractivity contribution in [2.24, 2.45) is 5.92 Å². The van der Waals surface area contributed by atoms with Crippen molar-refractivity contribution in [3.63, 3.8) is 0 Å². The van der Waals surface area contributed by atoms with E-state index in [0.29, 0.717) is 11.5 Å². The van der Waals surface area contributed by atoms with Crippen LogP contribution in [0.25, 0.3) is 5.57 Å². The van der Waals surface area contributed by atoms with Gasteiger partial charge >= 0.3 is 5.97 Å². The summed E-state index contributed by atoms with van der Waals surface area (Å²) < 4.78 is 0. The number of carboxylic acid groups (broad SMARTS) is 1. The summed E-state index contributed by atoms with van der Waals surface area (Å²) in [5.41, 5.74) is 4.01. The number of rotatable bonds is 3. The van der Waals surface area contributed by atoms with E-state index in [4.69, 9.17) is 5.11 Å². The van der Waals surface area contributed by atoms with Gasteiger partial charge in [-0.25, -0.2) is 4.79 Å². The van der Waals surface area contributed by atoms with Gasteiger partial charge in [-0.15, -0.1) is 0 Å². The zero-order chi connectivity index (χ0) is 12.3. The van der Waals surface area contributed by atoms with Crippen LogP contribution in [0.4, 0.5) is 0 Å². The van der Waals surface area contributed by atoms with E-state index in [9.17, 15) is 4.79 Å². The van der Waals surface area contributed by atoms with Gasteiger partial charge < -0.3 is 5.11 Å². The van der Waals surface area contributed by atoms with Gasteiger partial charge in [-0.05, 0) is 43.0 Å². The average molecular weight is 218 g/mol. The molecule has 1 aromatic rings. The van der Waals surface area contributed by atoms with Crippen LogP contribution in [-0.2, 0) is 0 Å². The summed E-state index contributed by atoms with van der Waals surface area (Å²) in [5, 5.41) is 8.82. The summed E-state index contributed by atoms with van der Waals surface area (Å²) in [7, 11) is 0. The van der Waals surface area contributed by atoms with Gasteiger partial charge in [-0.1, -0.05) is 31.6 Å². The number of aromatic carboxylic acids is 1. The topological polar surface area (TPSA) is 37.3 Å². The molecular formula is C14H18O2. The minimum atomic E-state index is -0.880. The maximum Gasteiger partial charge on any atom is 0.335 e. The molecular weight excluding hydrogens is 200 g/mol. The molecule has 0 aliphatic rings. The second kappa shape index (κ2) is 4.97. The molecule has 0 unspecified atom stereocenters. The third-order valence-corrected chi connectivity index (χ3v) is 2.56. The SMILES string of the molecule is CC(C)=C(c1ccc(C(=O)O)cc1)C(C)C. The molecule has 0 saturated heterocycles. The van der Waals surface area contributed by atoms with Crippen LogP contribution < -0.4 is 0 Å². The molecule has 16 heavy (non-hydrogen) atoms. The van der Waals surface area contributed by atoms with Gasteiger partial charge in [0.1, 0.15) is 0 Å². The Balaban J connectivity index is 3.15. The van der Waals surface area contributed by atoms with E-state index in [0.717, 1.165) is 5.56 Å². The standard InChI is InChI=1S/C14H18O2/c1-9(2)13(10(3)4)11-5-7-12(8-6-11)14(15)16/h5-9H,1-4H3,(H,15,16). The normalized spacial score (nSPS) is 10.3. The maximum atomic E-state index is 10.7. The number of carbonyl (C=O) groups is 1. The smallest absolute Gasteiger partial charge is 0.335 e. The monoisotopic (exact) mass is 218 g/mol. The lowest BCUT2D eigenvalue weighted by Gasteiger charge is -2.14. The third-order valence-electron chi connectivity index (χ3n) is 2.56. The van der Waals surface area contributed by atoms with Crippen LogP contribution in [-0.4, -0.2) is 11.1 Å². The van der Waals surface area contributed by atoms with Crippen molar-refractivity contribution in [2.45, 2.75) is 27.7 Å². The van der Waals surface area contributed by atoms with E-state index in [1.165, 1.54) is 11.1 Å². The summed E-state index contributed by atoms with van der Waals surface area (Å²) in [6.07, 6.45) is 0. The fourth-order valence-corrected chi connectivity index (χ4v) is 1.99. The summed E-state index contributed by atoms with van der Waals surface area (Å²) in [6, 6.07) is 7.07. The highest BCUT2D eigenvalue weighted by molar-refractivity contribution is 5.88. The molecule has 0 saturated carbocycles. The van der Waals surface area contributed by atoms with Crippen molar-refractivity contribution < 1.29 is 9.90 Å². The highest BCUT2D eigenvalue weighted by Gasteiger charge is 2.09. The Morgan fingerprint density at radius 1 is 1.06 bits per heavy atom. The fraction of sp³-hybridized carbons (Fsp3) is 0.357. The Hall–Kier alpha value is -1.57. The van der Waals surface area contributed by atoms with Crippen molar-refractivity contribution in [3.8, 4) is 0 Å². The fourth-order valence-electron chi connectivity index (χ4n) is 1.99. The van der Waals surface area contributed by atoms with Crippen LogP contribution in [0.3, 0.4) is 0 Å². The van der Waals surface area contributed by atoms with Gasteiger partial charge in [-0.2, -0.15) is 0 Å². The van der Waals surface area contributed by atoms with Crippen molar-refractivity contribution >= 4 is 11.5 Å². The number of allylic oxidation sites excluding steroid dienone is 2. The molecule has 1 aromatic carbocycles. The second-order valence-electron chi connectivity index (χ2n) is 4.45. The number of carboxylic acids is 1. The van der Waals surface area contributed by atoms with Crippen LogP contribution >= 0.6 is 0 Å².